The van der Waals surface area contributed by atoms with Crippen LogP contribution in [0.25, 0.3) is 5.69 Å². The molecule has 0 aliphatic carbocycles. The van der Waals surface area contributed by atoms with Gasteiger partial charge in [-0.1, -0.05) is 47.6 Å². The summed E-state index contributed by atoms with van der Waals surface area (Å²) >= 11 is 7.17. The van der Waals surface area contributed by atoms with E-state index in [1.54, 1.807) is 24.3 Å². The molecule has 0 spiro atoms. The molecule has 8 nitrogen and oxygen atoms in total. The van der Waals surface area contributed by atoms with Crippen LogP contribution in [-0.4, -0.2) is 38.9 Å². The number of amides is 2. The fourth-order valence-corrected chi connectivity index (χ4v) is 4.56. The minimum atomic E-state index is -0.304. The Balaban J connectivity index is 1.46. The fourth-order valence-electron chi connectivity index (χ4n) is 3.67. The molecule has 10 heteroatoms. The maximum absolute atomic E-state index is 12.6. The Kier molecular flexibility index (Phi) is 9.04. The maximum atomic E-state index is 12.6. The van der Waals surface area contributed by atoms with Crippen LogP contribution in [0.3, 0.4) is 0 Å². The molecule has 4 rings (SSSR count). The number of rotatable bonds is 10. The van der Waals surface area contributed by atoms with Crippen LogP contribution < -0.4 is 15.4 Å². The molecule has 0 radical (unpaired) electrons. The van der Waals surface area contributed by atoms with E-state index in [4.69, 9.17) is 16.3 Å². The monoisotopic (exact) mass is 549 g/mol. The van der Waals surface area contributed by atoms with Crippen LogP contribution in [0.5, 0.6) is 5.75 Å². The first kappa shape index (κ1) is 27.2. The number of hydrogen-bond acceptors (Lipinski definition) is 6. The van der Waals surface area contributed by atoms with Crippen LogP contribution in [0.15, 0.2) is 71.9 Å². The van der Waals surface area contributed by atoms with Crippen LogP contribution in [-0.2, 0) is 16.1 Å². The molecular weight excluding hydrogens is 522 g/mol. The lowest BCUT2D eigenvalue weighted by atomic mass is 10.1. The van der Waals surface area contributed by atoms with E-state index in [9.17, 15) is 9.59 Å². The second-order valence-corrected chi connectivity index (χ2v) is 10.1. The zero-order valence-corrected chi connectivity index (χ0v) is 22.9. The first-order chi connectivity index (χ1) is 18.3. The zero-order valence-electron chi connectivity index (χ0n) is 21.3. The lowest BCUT2D eigenvalue weighted by Gasteiger charge is -2.14. The molecule has 196 valence electrons. The molecule has 4 aromatic rings. The van der Waals surface area contributed by atoms with Gasteiger partial charge in [-0.3, -0.25) is 14.2 Å². The quantitative estimate of drug-likeness (QED) is 0.261. The highest BCUT2D eigenvalue weighted by Gasteiger charge is 2.18. The highest BCUT2D eigenvalue weighted by molar-refractivity contribution is 7.99. The van der Waals surface area contributed by atoms with Crippen LogP contribution in [0, 0.1) is 20.8 Å². The molecule has 0 fully saturated rings. The first-order valence-corrected chi connectivity index (χ1v) is 13.3. The van der Waals surface area contributed by atoms with Gasteiger partial charge in [0.2, 0.25) is 5.91 Å². The number of aromatic nitrogens is 3. The van der Waals surface area contributed by atoms with Gasteiger partial charge in [-0.25, -0.2) is 0 Å². The van der Waals surface area contributed by atoms with Gasteiger partial charge in [0.1, 0.15) is 5.75 Å². The molecule has 0 aliphatic heterocycles. The SMILES string of the molecule is Cc1cccc(NC(=O)CSc2nnc(CNC(=O)COc3ccc(Cl)cc3)n2-c2cc(C)ccc2C)c1. The summed E-state index contributed by atoms with van der Waals surface area (Å²) in [6.07, 6.45) is 0. The molecule has 0 atom stereocenters. The van der Waals surface area contributed by atoms with Crippen molar-refractivity contribution in [2.75, 3.05) is 17.7 Å². The summed E-state index contributed by atoms with van der Waals surface area (Å²) < 4.78 is 7.41. The van der Waals surface area contributed by atoms with Crippen LogP contribution in [0.2, 0.25) is 5.02 Å². The van der Waals surface area contributed by atoms with Gasteiger partial charge in [-0.15, -0.1) is 10.2 Å². The molecule has 2 amide bonds. The molecule has 0 saturated carbocycles. The topological polar surface area (TPSA) is 98.1 Å². The predicted molar refractivity (Wildman–Crippen MR) is 150 cm³/mol. The van der Waals surface area contributed by atoms with Gasteiger partial charge in [0.25, 0.3) is 5.91 Å². The summed E-state index contributed by atoms with van der Waals surface area (Å²) in [6.45, 7) is 5.96. The summed E-state index contributed by atoms with van der Waals surface area (Å²) in [5.74, 6) is 0.788. The van der Waals surface area contributed by atoms with Gasteiger partial charge in [-0.2, -0.15) is 0 Å². The van der Waals surface area contributed by atoms with Gasteiger partial charge in [0, 0.05) is 10.7 Å². The number of benzene rings is 3. The van der Waals surface area contributed by atoms with Gasteiger partial charge in [-0.05, 0) is 79.9 Å². The zero-order chi connectivity index (χ0) is 27.1. The molecule has 0 unspecified atom stereocenters. The lowest BCUT2D eigenvalue weighted by molar-refractivity contribution is -0.123. The fraction of sp³-hybridized carbons (Fsp3) is 0.214. The number of aryl methyl sites for hydroxylation is 3. The number of carbonyl (C=O) groups is 2. The van der Waals surface area contributed by atoms with Crippen molar-refractivity contribution < 1.29 is 14.3 Å². The predicted octanol–water partition coefficient (Wildman–Crippen LogP) is 5.27. The Bertz CT molecular complexity index is 1440. The normalized spacial score (nSPS) is 10.7. The summed E-state index contributed by atoms with van der Waals surface area (Å²) in [4.78, 5) is 25.1. The average Bonchev–Trinajstić information content (AvgIpc) is 3.30. The Morgan fingerprint density at radius 3 is 2.47 bits per heavy atom. The molecule has 2 N–H and O–H groups in total. The van der Waals surface area contributed by atoms with E-state index in [-0.39, 0.29) is 30.7 Å². The molecule has 0 saturated heterocycles. The van der Waals surface area contributed by atoms with Gasteiger partial charge in [0.15, 0.2) is 17.6 Å². The van der Waals surface area contributed by atoms with Crippen LogP contribution >= 0.6 is 23.4 Å². The van der Waals surface area contributed by atoms with E-state index >= 15 is 0 Å². The Morgan fingerprint density at radius 2 is 1.71 bits per heavy atom. The number of ether oxygens (including phenoxy) is 1. The van der Waals surface area contributed by atoms with Crippen molar-refractivity contribution in [3.8, 4) is 11.4 Å². The van der Waals surface area contributed by atoms with E-state index < -0.39 is 0 Å². The Morgan fingerprint density at radius 1 is 0.947 bits per heavy atom. The third-order valence-electron chi connectivity index (χ3n) is 5.57. The third-order valence-corrected chi connectivity index (χ3v) is 6.75. The first-order valence-electron chi connectivity index (χ1n) is 11.9. The van der Waals surface area contributed by atoms with Gasteiger partial charge >= 0.3 is 0 Å². The number of anilines is 1. The minimum absolute atomic E-state index is 0.138. The van der Waals surface area contributed by atoms with Crippen molar-refractivity contribution in [2.24, 2.45) is 0 Å². The van der Waals surface area contributed by atoms with E-state index in [0.29, 0.717) is 21.8 Å². The number of nitrogens with one attached hydrogen (secondary N) is 2. The van der Waals surface area contributed by atoms with Crippen molar-refractivity contribution in [3.05, 3.63) is 94.3 Å². The van der Waals surface area contributed by atoms with Crippen molar-refractivity contribution in [1.29, 1.82) is 0 Å². The van der Waals surface area contributed by atoms with Crippen molar-refractivity contribution in [2.45, 2.75) is 32.5 Å². The van der Waals surface area contributed by atoms with Crippen LogP contribution in [0.4, 0.5) is 5.69 Å². The molecule has 38 heavy (non-hydrogen) atoms. The van der Waals surface area contributed by atoms with Gasteiger partial charge in [0.05, 0.1) is 18.0 Å². The summed E-state index contributed by atoms with van der Waals surface area (Å²) in [7, 11) is 0. The minimum Gasteiger partial charge on any atom is -0.484 e. The van der Waals surface area contributed by atoms with Crippen molar-refractivity contribution in [1.82, 2.24) is 20.1 Å². The lowest BCUT2D eigenvalue weighted by Crippen LogP contribution is -2.29. The Labute approximate surface area is 230 Å². The molecule has 0 aliphatic rings. The molecule has 1 heterocycles. The second-order valence-electron chi connectivity index (χ2n) is 8.75. The Hall–Kier alpha value is -3.82. The number of halogens is 1. The summed E-state index contributed by atoms with van der Waals surface area (Å²) in [5, 5.41) is 15.6. The molecular formula is C28H28ClN5O3S. The smallest absolute Gasteiger partial charge is 0.258 e. The van der Waals surface area contributed by atoms with E-state index in [1.807, 2.05) is 67.8 Å². The average molecular weight is 550 g/mol. The summed E-state index contributed by atoms with van der Waals surface area (Å²) in [5.41, 5.74) is 4.78. The highest BCUT2D eigenvalue weighted by Crippen LogP contribution is 2.25. The maximum Gasteiger partial charge on any atom is 0.258 e. The number of nitrogens with zero attached hydrogens (tertiary/aromatic N) is 3. The van der Waals surface area contributed by atoms with E-state index in [1.165, 1.54) is 11.8 Å². The molecule has 0 bridgehead atoms. The van der Waals surface area contributed by atoms with Gasteiger partial charge < -0.3 is 15.4 Å². The highest BCUT2D eigenvalue weighted by atomic mass is 35.5. The van der Waals surface area contributed by atoms with E-state index in [2.05, 4.69) is 20.8 Å². The standard InChI is InChI=1S/C28H28ClN5O3S/c1-18-5-4-6-22(13-18)31-27(36)17-38-28-33-32-25(34(28)24-14-19(2)7-8-20(24)3)15-30-26(35)16-37-23-11-9-21(29)10-12-23/h4-14H,15-17H2,1-3H3,(H,30,35)(H,31,36). The molecule has 3 aromatic carbocycles. The third kappa shape index (κ3) is 7.36. The number of hydrogen-bond donors (Lipinski definition) is 2. The van der Waals surface area contributed by atoms with Crippen molar-refractivity contribution >= 4 is 40.9 Å². The van der Waals surface area contributed by atoms with Crippen molar-refractivity contribution in [3.63, 3.8) is 0 Å². The van der Waals surface area contributed by atoms with E-state index in [0.717, 1.165) is 28.1 Å². The number of carbonyl (C=O) groups excluding carboxylic acids is 2. The molecule has 1 aromatic heterocycles. The largest absolute Gasteiger partial charge is 0.484 e. The number of thioether (sulfide) groups is 1. The second kappa shape index (κ2) is 12.6. The van der Waals surface area contributed by atoms with Crippen LogP contribution in [0.1, 0.15) is 22.5 Å². The summed E-state index contributed by atoms with van der Waals surface area (Å²) in [6, 6.07) is 20.5.